The van der Waals surface area contributed by atoms with E-state index in [4.69, 9.17) is 11.6 Å². The summed E-state index contributed by atoms with van der Waals surface area (Å²) in [6.07, 6.45) is 3.58. The normalized spacial score (nSPS) is 16.3. The highest BCUT2D eigenvalue weighted by atomic mass is 35.5. The monoisotopic (exact) mass is 384 g/mol. The lowest BCUT2D eigenvalue weighted by Crippen LogP contribution is -2.49. The van der Waals surface area contributed by atoms with Gasteiger partial charge in [0.25, 0.3) is 0 Å². The smallest absolute Gasteiger partial charge is 0.219 e. The first-order chi connectivity index (χ1) is 13.1. The van der Waals surface area contributed by atoms with E-state index in [1.165, 1.54) is 29.5 Å². The van der Waals surface area contributed by atoms with Crippen molar-refractivity contribution in [1.82, 2.24) is 9.80 Å². The van der Waals surface area contributed by atoms with Crippen LogP contribution >= 0.6 is 11.6 Å². The average Bonchev–Trinajstić information content (AvgIpc) is 2.70. The van der Waals surface area contributed by atoms with E-state index in [0.717, 1.165) is 37.6 Å². The molecule has 2 aromatic rings. The number of carbonyl (C=O) groups is 1. The van der Waals surface area contributed by atoms with Gasteiger partial charge in [-0.2, -0.15) is 0 Å². The predicted molar refractivity (Wildman–Crippen MR) is 113 cm³/mol. The summed E-state index contributed by atoms with van der Waals surface area (Å²) in [7, 11) is 0. The molecule has 0 bridgehead atoms. The van der Waals surface area contributed by atoms with Crippen LogP contribution in [0.4, 0.5) is 0 Å². The Hall–Kier alpha value is -1.84. The van der Waals surface area contributed by atoms with Gasteiger partial charge in [0.2, 0.25) is 5.91 Å². The van der Waals surface area contributed by atoms with Crippen LogP contribution in [0.1, 0.15) is 44.7 Å². The number of benzene rings is 2. The number of rotatable bonds is 6. The first kappa shape index (κ1) is 19.9. The lowest BCUT2D eigenvalue weighted by atomic mass is 9.96. The van der Waals surface area contributed by atoms with Crippen molar-refractivity contribution in [3.05, 3.63) is 59.1 Å². The largest absolute Gasteiger partial charge is 0.340 e. The molecule has 0 saturated carbocycles. The van der Waals surface area contributed by atoms with Crippen LogP contribution in [0.15, 0.2) is 48.5 Å². The molecule has 1 aliphatic heterocycles. The van der Waals surface area contributed by atoms with Crippen molar-refractivity contribution < 1.29 is 4.79 Å². The summed E-state index contributed by atoms with van der Waals surface area (Å²) in [6.45, 7) is 7.48. The van der Waals surface area contributed by atoms with Crippen molar-refractivity contribution >= 4 is 17.5 Å². The van der Waals surface area contributed by atoms with Crippen LogP contribution in [0.2, 0.25) is 5.02 Å². The molecular weight excluding hydrogens is 356 g/mol. The van der Waals surface area contributed by atoms with Gasteiger partial charge in [0, 0.05) is 44.2 Å². The Labute approximate surface area is 167 Å². The molecule has 2 aromatic carbocycles. The zero-order chi connectivity index (χ0) is 19.2. The third-order valence-corrected chi connectivity index (χ3v) is 5.76. The minimum Gasteiger partial charge on any atom is -0.340 e. The van der Waals surface area contributed by atoms with Gasteiger partial charge in [-0.25, -0.2) is 0 Å². The molecule has 0 radical (unpaired) electrons. The molecule has 1 atom stereocenters. The van der Waals surface area contributed by atoms with E-state index in [1.54, 1.807) is 6.92 Å². The maximum absolute atomic E-state index is 11.6. The second kappa shape index (κ2) is 9.38. The Kier molecular flexibility index (Phi) is 6.92. The molecule has 1 fully saturated rings. The molecule has 144 valence electrons. The molecule has 3 nitrogen and oxygen atoms in total. The quantitative estimate of drug-likeness (QED) is 0.665. The van der Waals surface area contributed by atoms with Crippen LogP contribution in [0, 0.1) is 0 Å². The maximum atomic E-state index is 11.6. The third kappa shape index (κ3) is 5.12. The van der Waals surface area contributed by atoms with E-state index in [2.05, 4.69) is 48.2 Å². The highest BCUT2D eigenvalue weighted by molar-refractivity contribution is 6.30. The second-order valence-electron chi connectivity index (χ2n) is 7.33. The maximum Gasteiger partial charge on any atom is 0.219 e. The zero-order valence-corrected chi connectivity index (χ0v) is 17.1. The van der Waals surface area contributed by atoms with Crippen LogP contribution in [0.3, 0.4) is 0 Å². The molecule has 1 unspecified atom stereocenters. The van der Waals surface area contributed by atoms with E-state index in [-0.39, 0.29) is 5.91 Å². The van der Waals surface area contributed by atoms with E-state index < -0.39 is 0 Å². The molecule has 0 aliphatic carbocycles. The molecule has 1 aliphatic rings. The van der Waals surface area contributed by atoms with Gasteiger partial charge in [-0.3, -0.25) is 9.69 Å². The second-order valence-corrected chi connectivity index (χ2v) is 7.77. The summed E-state index contributed by atoms with van der Waals surface area (Å²) in [6, 6.07) is 17.4. The summed E-state index contributed by atoms with van der Waals surface area (Å²) in [5.41, 5.74) is 3.77. The zero-order valence-electron chi connectivity index (χ0n) is 16.3. The minimum absolute atomic E-state index is 0.187. The van der Waals surface area contributed by atoms with Crippen molar-refractivity contribution in [2.45, 2.75) is 39.2 Å². The average molecular weight is 385 g/mol. The summed E-state index contributed by atoms with van der Waals surface area (Å²) >= 11 is 6.00. The fraction of sp³-hybridized carbons (Fsp3) is 0.435. The number of amides is 1. The molecule has 1 amide bonds. The highest BCUT2D eigenvalue weighted by Crippen LogP contribution is 2.30. The minimum atomic E-state index is 0.187. The first-order valence-corrected chi connectivity index (χ1v) is 10.3. The van der Waals surface area contributed by atoms with Gasteiger partial charge in [-0.05, 0) is 35.2 Å². The summed E-state index contributed by atoms with van der Waals surface area (Å²) in [4.78, 5) is 16.1. The Morgan fingerprint density at radius 3 is 2.04 bits per heavy atom. The lowest BCUT2D eigenvalue weighted by Gasteiger charge is -2.39. The van der Waals surface area contributed by atoms with Gasteiger partial charge in [-0.1, -0.05) is 67.8 Å². The number of unbranched alkanes of at least 4 members (excludes halogenated alkanes) is 1. The van der Waals surface area contributed by atoms with Crippen LogP contribution in [0.5, 0.6) is 0 Å². The SMILES string of the molecule is CCCCC(c1ccc(-c2ccc(Cl)cc2)cc1)N1CCN(C(C)=O)CC1. The molecular formula is C23H29ClN2O. The third-order valence-electron chi connectivity index (χ3n) is 5.50. The topological polar surface area (TPSA) is 23.6 Å². The van der Waals surface area contributed by atoms with Crippen molar-refractivity contribution in [3.63, 3.8) is 0 Å². The molecule has 0 aromatic heterocycles. The van der Waals surface area contributed by atoms with E-state index in [0.29, 0.717) is 6.04 Å². The van der Waals surface area contributed by atoms with E-state index in [1.807, 2.05) is 17.0 Å². The molecule has 0 spiro atoms. The highest BCUT2D eigenvalue weighted by Gasteiger charge is 2.25. The number of nitrogens with zero attached hydrogens (tertiary/aromatic N) is 2. The predicted octanol–water partition coefficient (Wildman–Crippen LogP) is 5.40. The number of hydrogen-bond acceptors (Lipinski definition) is 2. The van der Waals surface area contributed by atoms with Gasteiger partial charge in [0.1, 0.15) is 0 Å². The summed E-state index contributed by atoms with van der Waals surface area (Å²) < 4.78 is 0. The van der Waals surface area contributed by atoms with Crippen LogP contribution in [0.25, 0.3) is 11.1 Å². The Balaban J connectivity index is 1.74. The van der Waals surface area contributed by atoms with Crippen molar-refractivity contribution in [3.8, 4) is 11.1 Å². The van der Waals surface area contributed by atoms with Gasteiger partial charge >= 0.3 is 0 Å². The molecule has 1 heterocycles. The van der Waals surface area contributed by atoms with Gasteiger partial charge in [-0.15, -0.1) is 0 Å². The Morgan fingerprint density at radius 1 is 0.963 bits per heavy atom. The molecule has 27 heavy (non-hydrogen) atoms. The number of hydrogen-bond donors (Lipinski definition) is 0. The van der Waals surface area contributed by atoms with Crippen LogP contribution in [-0.4, -0.2) is 41.9 Å². The molecule has 0 N–H and O–H groups in total. The van der Waals surface area contributed by atoms with Crippen LogP contribution < -0.4 is 0 Å². The van der Waals surface area contributed by atoms with Crippen LogP contribution in [-0.2, 0) is 4.79 Å². The van der Waals surface area contributed by atoms with Gasteiger partial charge in [0.15, 0.2) is 0 Å². The first-order valence-electron chi connectivity index (χ1n) is 9.94. The molecule has 4 heteroatoms. The summed E-state index contributed by atoms with van der Waals surface area (Å²) in [5, 5.41) is 0.764. The number of carbonyl (C=O) groups excluding carboxylic acids is 1. The van der Waals surface area contributed by atoms with Crippen molar-refractivity contribution in [2.24, 2.45) is 0 Å². The van der Waals surface area contributed by atoms with Crippen molar-refractivity contribution in [1.29, 1.82) is 0 Å². The Morgan fingerprint density at radius 2 is 1.52 bits per heavy atom. The standard InChI is InChI=1S/C23H29ClN2O/c1-3-4-5-23(26-16-14-25(15-17-26)18(2)27)21-8-6-19(7-9-21)20-10-12-22(24)13-11-20/h6-13,23H,3-5,14-17H2,1-2H3. The molecule has 3 rings (SSSR count). The van der Waals surface area contributed by atoms with Crippen molar-refractivity contribution in [2.75, 3.05) is 26.2 Å². The fourth-order valence-corrected chi connectivity index (χ4v) is 3.97. The van der Waals surface area contributed by atoms with E-state index in [9.17, 15) is 4.79 Å². The van der Waals surface area contributed by atoms with Gasteiger partial charge in [0.05, 0.1) is 0 Å². The van der Waals surface area contributed by atoms with Gasteiger partial charge < -0.3 is 4.90 Å². The Bertz CT molecular complexity index is 734. The number of halogens is 1. The lowest BCUT2D eigenvalue weighted by molar-refractivity contribution is -0.130. The summed E-state index contributed by atoms with van der Waals surface area (Å²) in [5.74, 6) is 0.187. The number of piperazine rings is 1. The van der Waals surface area contributed by atoms with E-state index >= 15 is 0 Å². The molecule has 1 saturated heterocycles. The fourth-order valence-electron chi connectivity index (χ4n) is 3.85.